The molecule has 0 unspecified atom stereocenters. The molecule has 102 valence electrons. The first kappa shape index (κ1) is 14.9. The summed E-state index contributed by atoms with van der Waals surface area (Å²) >= 11 is 0. The highest BCUT2D eigenvalue weighted by atomic mass is 16.4. The second-order valence-corrected chi connectivity index (χ2v) is 5.11. The Balaban J connectivity index is 3.03. The SMILES string of the molecule is C=CCN(C(=O)c1ccc(C(=O)O)nc1)C(C)(C)C. The van der Waals surface area contributed by atoms with Crippen LogP contribution >= 0.6 is 0 Å². The van der Waals surface area contributed by atoms with Crippen LogP contribution in [0.3, 0.4) is 0 Å². The maximum Gasteiger partial charge on any atom is 0.354 e. The van der Waals surface area contributed by atoms with Crippen molar-refractivity contribution in [2.45, 2.75) is 26.3 Å². The van der Waals surface area contributed by atoms with E-state index in [9.17, 15) is 9.59 Å². The molecule has 0 aromatic carbocycles. The summed E-state index contributed by atoms with van der Waals surface area (Å²) in [7, 11) is 0. The van der Waals surface area contributed by atoms with Crippen LogP contribution in [0.1, 0.15) is 41.6 Å². The molecule has 1 aromatic heterocycles. The van der Waals surface area contributed by atoms with E-state index in [2.05, 4.69) is 11.6 Å². The number of amides is 1. The molecule has 0 radical (unpaired) electrons. The van der Waals surface area contributed by atoms with Crippen molar-refractivity contribution in [2.75, 3.05) is 6.54 Å². The minimum absolute atomic E-state index is 0.0809. The maximum atomic E-state index is 12.4. The van der Waals surface area contributed by atoms with E-state index < -0.39 is 5.97 Å². The van der Waals surface area contributed by atoms with E-state index >= 15 is 0 Å². The van der Waals surface area contributed by atoms with Crippen LogP contribution in [0.25, 0.3) is 0 Å². The van der Waals surface area contributed by atoms with Crippen molar-refractivity contribution in [2.24, 2.45) is 0 Å². The second kappa shape index (κ2) is 5.65. The van der Waals surface area contributed by atoms with Crippen molar-refractivity contribution in [3.05, 3.63) is 42.2 Å². The Morgan fingerprint density at radius 2 is 2.05 bits per heavy atom. The molecule has 5 heteroatoms. The van der Waals surface area contributed by atoms with Gasteiger partial charge in [0.05, 0.1) is 5.56 Å². The monoisotopic (exact) mass is 262 g/mol. The zero-order valence-electron chi connectivity index (χ0n) is 11.4. The lowest BCUT2D eigenvalue weighted by atomic mass is 10.0. The Morgan fingerprint density at radius 3 is 2.42 bits per heavy atom. The Hall–Kier alpha value is -2.17. The summed E-state index contributed by atoms with van der Waals surface area (Å²) in [5.74, 6) is -1.31. The lowest BCUT2D eigenvalue weighted by molar-refractivity contribution is 0.0612. The van der Waals surface area contributed by atoms with Crippen LogP contribution < -0.4 is 0 Å². The third-order valence-corrected chi connectivity index (χ3v) is 2.60. The maximum absolute atomic E-state index is 12.4. The fourth-order valence-corrected chi connectivity index (χ4v) is 1.59. The number of aromatic carboxylic acids is 1. The normalized spacial score (nSPS) is 10.9. The average Bonchev–Trinajstić information content (AvgIpc) is 2.34. The van der Waals surface area contributed by atoms with Crippen LogP contribution in [0.5, 0.6) is 0 Å². The van der Waals surface area contributed by atoms with Gasteiger partial charge < -0.3 is 10.0 Å². The predicted octanol–water partition coefficient (Wildman–Crippen LogP) is 2.21. The summed E-state index contributed by atoms with van der Waals surface area (Å²) in [6.45, 7) is 9.83. The number of carbonyl (C=O) groups excluding carboxylic acids is 1. The molecule has 0 spiro atoms. The van der Waals surface area contributed by atoms with E-state index in [1.807, 2.05) is 20.8 Å². The number of hydrogen-bond acceptors (Lipinski definition) is 3. The van der Waals surface area contributed by atoms with Gasteiger partial charge in [-0.05, 0) is 32.9 Å². The minimum Gasteiger partial charge on any atom is -0.477 e. The molecule has 0 bridgehead atoms. The Kier molecular flexibility index (Phi) is 4.43. The molecule has 0 saturated carbocycles. The van der Waals surface area contributed by atoms with Gasteiger partial charge >= 0.3 is 5.97 Å². The van der Waals surface area contributed by atoms with E-state index in [1.165, 1.54) is 18.3 Å². The van der Waals surface area contributed by atoms with Crippen LogP contribution in [-0.2, 0) is 0 Å². The highest BCUT2D eigenvalue weighted by Crippen LogP contribution is 2.17. The van der Waals surface area contributed by atoms with E-state index in [-0.39, 0.29) is 17.1 Å². The Labute approximate surface area is 112 Å². The molecular weight excluding hydrogens is 244 g/mol. The quantitative estimate of drug-likeness (QED) is 0.844. The number of carboxylic acid groups (broad SMARTS) is 1. The minimum atomic E-state index is -1.11. The molecule has 1 rings (SSSR count). The van der Waals surface area contributed by atoms with E-state index in [4.69, 9.17) is 5.11 Å². The Morgan fingerprint density at radius 1 is 1.42 bits per heavy atom. The largest absolute Gasteiger partial charge is 0.477 e. The Bertz CT molecular complexity index is 486. The zero-order chi connectivity index (χ0) is 14.6. The summed E-state index contributed by atoms with van der Waals surface area (Å²) in [5, 5.41) is 8.77. The third kappa shape index (κ3) is 3.64. The average molecular weight is 262 g/mol. The molecule has 1 amide bonds. The van der Waals surface area contributed by atoms with E-state index in [0.717, 1.165) is 0 Å². The van der Waals surface area contributed by atoms with E-state index in [1.54, 1.807) is 11.0 Å². The molecule has 0 aliphatic carbocycles. The van der Waals surface area contributed by atoms with Crippen molar-refractivity contribution in [3.63, 3.8) is 0 Å². The summed E-state index contributed by atoms with van der Waals surface area (Å²) in [6, 6.07) is 2.80. The van der Waals surface area contributed by atoms with Gasteiger partial charge in [0.1, 0.15) is 5.69 Å². The first-order valence-electron chi connectivity index (χ1n) is 5.89. The number of hydrogen-bond donors (Lipinski definition) is 1. The first-order chi connectivity index (χ1) is 8.77. The fraction of sp³-hybridized carbons (Fsp3) is 0.357. The summed E-state index contributed by atoms with van der Waals surface area (Å²) in [5.41, 5.74) is -0.0686. The van der Waals surface area contributed by atoms with Gasteiger partial charge in [0.25, 0.3) is 5.91 Å². The van der Waals surface area contributed by atoms with Crippen LogP contribution in [-0.4, -0.2) is 39.0 Å². The van der Waals surface area contributed by atoms with Crippen molar-refractivity contribution < 1.29 is 14.7 Å². The van der Waals surface area contributed by atoms with Crippen molar-refractivity contribution >= 4 is 11.9 Å². The lowest BCUT2D eigenvalue weighted by Crippen LogP contribution is -2.45. The second-order valence-electron chi connectivity index (χ2n) is 5.11. The van der Waals surface area contributed by atoms with Gasteiger partial charge in [-0.3, -0.25) is 4.79 Å². The number of pyridine rings is 1. The van der Waals surface area contributed by atoms with Crippen molar-refractivity contribution in [3.8, 4) is 0 Å². The van der Waals surface area contributed by atoms with Crippen LogP contribution in [0.15, 0.2) is 31.0 Å². The van der Waals surface area contributed by atoms with Crippen molar-refractivity contribution in [1.82, 2.24) is 9.88 Å². The van der Waals surface area contributed by atoms with Gasteiger partial charge in [-0.25, -0.2) is 9.78 Å². The lowest BCUT2D eigenvalue weighted by Gasteiger charge is -2.34. The van der Waals surface area contributed by atoms with Crippen LogP contribution in [0, 0.1) is 0 Å². The van der Waals surface area contributed by atoms with Gasteiger partial charge in [0.15, 0.2) is 0 Å². The molecule has 0 atom stereocenters. The summed E-state index contributed by atoms with van der Waals surface area (Å²) < 4.78 is 0. The number of carboxylic acids is 1. The third-order valence-electron chi connectivity index (χ3n) is 2.60. The highest BCUT2D eigenvalue weighted by Gasteiger charge is 2.26. The van der Waals surface area contributed by atoms with Gasteiger partial charge in [-0.15, -0.1) is 6.58 Å². The molecule has 0 saturated heterocycles. The van der Waals surface area contributed by atoms with Crippen molar-refractivity contribution in [1.29, 1.82) is 0 Å². The molecule has 1 heterocycles. The molecule has 19 heavy (non-hydrogen) atoms. The topological polar surface area (TPSA) is 70.5 Å². The zero-order valence-corrected chi connectivity index (χ0v) is 11.4. The van der Waals surface area contributed by atoms with Crippen LogP contribution in [0.4, 0.5) is 0 Å². The summed E-state index contributed by atoms with van der Waals surface area (Å²) in [4.78, 5) is 28.5. The standard InChI is InChI=1S/C14H18N2O3/c1-5-8-16(14(2,3)4)12(17)10-6-7-11(13(18)19)15-9-10/h5-7,9H,1,8H2,2-4H3,(H,18,19). The van der Waals surface area contributed by atoms with Crippen LogP contribution in [0.2, 0.25) is 0 Å². The summed E-state index contributed by atoms with van der Waals surface area (Å²) in [6.07, 6.45) is 2.94. The highest BCUT2D eigenvalue weighted by molar-refractivity contribution is 5.95. The van der Waals surface area contributed by atoms with Gasteiger partial charge in [0, 0.05) is 18.3 Å². The molecule has 0 aliphatic heterocycles. The van der Waals surface area contributed by atoms with Gasteiger partial charge in [-0.1, -0.05) is 6.08 Å². The number of nitrogens with zero attached hydrogens (tertiary/aromatic N) is 2. The fourth-order valence-electron chi connectivity index (χ4n) is 1.59. The number of aromatic nitrogens is 1. The molecule has 0 fully saturated rings. The number of rotatable bonds is 4. The molecule has 1 N–H and O–H groups in total. The van der Waals surface area contributed by atoms with Gasteiger partial charge in [0.2, 0.25) is 0 Å². The first-order valence-corrected chi connectivity index (χ1v) is 5.89. The molecule has 0 aliphatic rings. The molecule has 1 aromatic rings. The predicted molar refractivity (Wildman–Crippen MR) is 72.2 cm³/mol. The number of carbonyl (C=O) groups is 2. The smallest absolute Gasteiger partial charge is 0.354 e. The molecular formula is C14H18N2O3. The van der Waals surface area contributed by atoms with E-state index in [0.29, 0.717) is 12.1 Å². The van der Waals surface area contributed by atoms with Gasteiger partial charge in [-0.2, -0.15) is 0 Å². The molecule has 5 nitrogen and oxygen atoms in total.